The first-order valence-electron chi connectivity index (χ1n) is 6.96. The molecule has 0 aliphatic heterocycles. The molecule has 0 bridgehead atoms. The van der Waals surface area contributed by atoms with E-state index in [4.69, 9.17) is 27.9 Å². The second-order valence-electron chi connectivity index (χ2n) is 5.12. The Balaban J connectivity index is 2.29. The van der Waals surface area contributed by atoms with Crippen molar-refractivity contribution < 1.29 is 9.53 Å². The molecular weight excluding hydrogens is 341 g/mol. The summed E-state index contributed by atoms with van der Waals surface area (Å²) >= 11 is 11.5. The highest BCUT2D eigenvalue weighted by molar-refractivity contribution is 6.41. The number of ether oxygens (including phenoxy) is 1. The fraction of sp³-hybridized carbons (Fsp3) is 0.400. The average Bonchev–Trinajstić information content (AvgIpc) is 2.80. The molecule has 0 amide bonds. The Kier molecular flexibility index (Phi) is 5.62. The Labute approximate surface area is 143 Å². The average molecular weight is 358 g/mol. The van der Waals surface area contributed by atoms with Crippen molar-refractivity contribution in [1.29, 1.82) is 0 Å². The highest BCUT2D eigenvalue weighted by Crippen LogP contribution is 2.17. The van der Waals surface area contributed by atoms with Gasteiger partial charge in [0.1, 0.15) is 11.6 Å². The molecule has 0 aliphatic rings. The molecule has 124 valence electrons. The van der Waals surface area contributed by atoms with Crippen LogP contribution in [0, 0.1) is 13.8 Å². The number of halogens is 2. The lowest BCUT2D eigenvalue weighted by Gasteiger charge is -2.09. The van der Waals surface area contributed by atoms with Gasteiger partial charge in [0.2, 0.25) is 0 Å². The molecule has 2 aromatic rings. The van der Waals surface area contributed by atoms with Crippen LogP contribution in [-0.2, 0) is 17.8 Å². The molecule has 0 aliphatic carbocycles. The Morgan fingerprint density at radius 3 is 2.70 bits per heavy atom. The fourth-order valence-corrected chi connectivity index (χ4v) is 2.66. The predicted octanol–water partition coefficient (Wildman–Crippen LogP) is 2.50. The van der Waals surface area contributed by atoms with E-state index >= 15 is 0 Å². The molecule has 0 spiro atoms. The minimum absolute atomic E-state index is 0.0677. The standard InChI is InChI=1S/C15H17Cl2N3O3/c1-9-6-11(10(2)19(9)4-5-23-3)13(21)8-20-15(22)14(17)12(16)7-18-20/h6-7H,4-5,8H2,1-3H3. The van der Waals surface area contributed by atoms with E-state index in [-0.39, 0.29) is 22.4 Å². The minimum Gasteiger partial charge on any atom is -0.383 e. The van der Waals surface area contributed by atoms with Crippen LogP contribution in [0.15, 0.2) is 17.1 Å². The molecule has 0 unspecified atom stereocenters. The molecule has 23 heavy (non-hydrogen) atoms. The van der Waals surface area contributed by atoms with Gasteiger partial charge in [0.05, 0.1) is 17.8 Å². The van der Waals surface area contributed by atoms with E-state index in [2.05, 4.69) is 5.10 Å². The van der Waals surface area contributed by atoms with Crippen LogP contribution < -0.4 is 5.56 Å². The largest absolute Gasteiger partial charge is 0.383 e. The fourth-order valence-electron chi connectivity index (χ4n) is 2.39. The van der Waals surface area contributed by atoms with Gasteiger partial charge >= 0.3 is 0 Å². The van der Waals surface area contributed by atoms with Gasteiger partial charge in [0.15, 0.2) is 5.78 Å². The van der Waals surface area contributed by atoms with Crippen molar-refractivity contribution in [3.05, 3.63) is 49.6 Å². The first-order chi connectivity index (χ1) is 10.9. The van der Waals surface area contributed by atoms with Crippen LogP contribution in [0.2, 0.25) is 10.0 Å². The molecule has 6 nitrogen and oxygen atoms in total. The summed E-state index contributed by atoms with van der Waals surface area (Å²) in [6.45, 7) is 4.80. The Bertz CT molecular complexity index is 796. The molecule has 0 radical (unpaired) electrons. The van der Waals surface area contributed by atoms with Crippen molar-refractivity contribution in [3.63, 3.8) is 0 Å². The second-order valence-corrected chi connectivity index (χ2v) is 5.91. The maximum absolute atomic E-state index is 12.5. The molecule has 2 rings (SSSR count). The van der Waals surface area contributed by atoms with Gasteiger partial charge in [-0.05, 0) is 19.9 Å². The number of methoxy groups -OCH3 is 1. The summed E-state index contributed by atoms with van der Waals surface area (Å²) in [5.41, 5.74) is 1.76. The maximum Gasteiger partial charge on any atom is 0.287 e. The van der Waals surface area contributed by atoms with E-state index in [1.54, 1.807) is 13.2 Å². The molecule has 0 fully saturated rings. The number of hydrogen-bond acceptors (Lipinski definition) is 4. The van der Waals surface area contributed by atoms with Crippen LogP contribution in [0.5, 0.6) is 0 Å². The van der Waals surface area contributed by atoms with Crippen molar-refractivity contribution in [2.24, 2.45) is 0 Å². The number of carbonyl (C=O) groups is 1. The highest BCUT2D eigenvalue weighted by atomic mass is 35.5. The van der Waals surface area contributed by atoms with E-state index in [1.807, 2.05) is 18.4 Å². The van der Waals surface area contributed by atoms with Crippen molar-refractivity contribution in [1.82, 2.24) is 14.3 Å². The molecule has 0 saturated carbocycles. The van der Waals surface area contributed by atoms with Gasteiger partial charge in [-0.25, -0.2) is 4.68 Å². The summed E-state index contributed by atoms with van der Waals surface area (Å²) in [5.74, 6) is -0.213. The molecule has 2 aromatic heterocycles. The van der Waals surface area contributed by atoms with E-state index in [0.29, 0.717) is 18.7 Å². The normalized spacial score (nSPS) is 11.0. The number of rotatable bonds is 6. The molecule has 0 saturated heterocycles. The zero-order valence-corrected chi connectivity index (χ0v) is 14.6. The monoisotopic (exact) mass is 357 g/mol. The van der Waals surface area contributed by atoms with Gasteiger partial charge < -0.3 is 9.30 Å². The van der Waals surface area contributed by atoms with Gasteiger partial charge in [-0.3, -0.25) is 9.59 Å². The van der Waals surface area contributed by atoms with Crippen molar-refractivity contribution in [2.75, 3.05) is 13.7 Å². The number of hydrogen-bond donors (Lipinski definition) is 0. The Morgan fingerprint density at radius 1 is 1.35 bits per heavy atom. The third-order valence-electron chi connectivity index (χ3n) is 3.63. The third kappa shape index (κ3) is 3.65. The number of aryl methyl sites for hydroxylation is 1. The zero-order chi connectivity index (χ0) is 17.1. The van der Waals surface area contributed by atoms with Crippen LogP contribution in [0.1, 0.15) is 21.7 Å². The number of ketones is 1. The topological polar surface area (TPSA) is 66.1 Å². The van der Waals surface area contributed by atoms with Crippen molar-refractivity contribution >= 4 is 29.0 Å². The van der Waals surface area contributed by atoms with Gasteiger partial charge in [-0.2, -0.15) is 5.10 Å². The number of aromatic nitrogens is 3. The van der Waals surface area contributed by atoms with E-state index in [1.165, 1.54) is 6.20 Å². The van der Waals surface area contributed by atoms with Crippen LogP contribution in [0.3, 0.4) is 0 Å². The maximum atomic E-state index is 12.5. The van der Waals surface area contributed by atoms with Gasteiger partial charge in [-0.1, -0.05) is 23.2 Å². The van der Waals surface area contributed by atoms with Crippen molar-refractivity contribution in [2.45, 2.75) is 26.9 Å². The van der Waals surface area contributed by atoms with E-state index < -0.39 is 5.56 Å². The second kappa shape index (κ2) is 7.29. The SMILES string of the molecule is COCCn1c(C)cc(C(=O)Cn2ncc(Cl)c(Cl)c2=O)c1C. The quantitative estimate of drug-likeness (QED) is 0.745. The van der Waals surface area contributed by atoms with E-state index in [9.17, 15) is 9.59 Å². The lowest BCUT2D eigenvalue weighted by Crippen LogP contribution is -2.27. The zero-order valence-electron chi connectivity index (χ0n) is 13.1. The number of carbonyl (C=O) groups excluding carboxylic acids is 1. The first kappa shape index (κ1) is 17.7. The summed E-state index contributed by atoms with van der Waals surface area (Å²) in [7, 11) is 1.63. The van der Waals surface area contributed by atoms with Gasteiger partial charge in [0, 0.05) is 30.6 Å². The van der Waals surface area contributed by atoms with Gasteiger partial charge in [0.25, 0.3) is 5.56 Å². The van der Waals surface area contributed by atoms with Crippen LogP contribution in [0.4, 0.5) is 0 Å². The molecule has 8 heteroatoms. The first-order valence-corrected chi connectivity index (χ1v) is 7.72. The van der Waals surface area contributed by atoms with E-state index in [0.717, 1.165) is 16.1 Å². The molecule has 0 atom stereocenters. The summed E-state index contributed by atoms with van der Waals surface area (Å²) in [6, 6.07) is 1.80. The van der Waals surface area contributed by atoms with Gasteiger partial charge in [-0.15, -0.1) is 0 Å². The predicted molar refractivity (Wildman–Crippen MR) is 88.6 cm³/mol. The summed E-state index contributed by atoms with van der Waals surface area (Å²) < 4.78 is 8.09. The van der Waals surface area contributed by atoms with Crippen LogP contribution >= 0.6 is 23.2 Å². The van der Waals surface area contributed by atoms with Crippen LogP contribution in [-0.4, -0.2) is 33.8 Å². The molecular formula is C15H17Cl2N3O3. The van der Waals surface area contributed by atoms with Crippen molar-refractivity contribution in [3.8, 4) is 0 Å². The summed E-state index contributed by atoms with van der Waals surface area (Å²) in [6.07, 6.45) is 1.25. The Morgan fingerprint density at radius 2 is 2.04 bits per heavy atom. The highest BCUT2D eigenvalue weighted by Gasteiger charge is 2.18. The smallest absolute Gasteiger partial charge is 0.287 e. The number of Topliss-reactive ketones (excluding diaryl/α,β-unsaturated/α-hetero) is 1. The lowest BCUT2D eigenvalue weighted by atomic mass is 10.1. The minimum atomic E-state index is -0.583. The lowest BCUT2D eigenvalue weighted by molar-refractivity contribution is 0.0964. The third-order valence-corrected chi connectivity index (χ3v) is 4.38. The molecule has 0 aromatic carbocycles. The molecule has 0 N–H and O–H groups in total. The molecule has 2 heterocycles. The van der Waals surface area contributed by atoms with Crippen LogP contribution in [0.25, 0.3) is 0 Å². The number of nitrogens with zero attached hydrogens (tertiary/aromatic N) is 3. The summed E-state index contributed by atoms with van der Waals surface area (Å²) in [4.78, 5) is 24.5. The Hall–Kier alpha value is -1.63. The summed E-state index contributed by atoms with van der Waals surface area (Å²) in [5, 5.41) is 3.78.